The molecular weight excluding hydrogens is 848 g/mol. The summed E-state index contributed by atoms with van der Waals surface area (Å²) in [6.07, 6.45) is -31.5. The Balaban J connectivity index is 1.07. The van der Waals surface area contributed by atoms with Crippen molar-refractivity contribution in [3.05, 3.63) is 29.8 Å². The standard InChI is InChI=1S/C39H62N2O22/c1-39(2)20(41-34(53)33(39)40)9-14-5-7-15(8-6-14)56-35-25(50)22(47)30(18(12-44)58-35)63-38-32(55-4)27(52)31(19(13-45)60-38)62-37-26(51)23(48)29(17(11-43)59-37)61-36-24(49)21(46)28(54-3)16(10-42)57-36/h5-8,16-33,35-38,42-52H,9-13,40H2,1-4H3,(H,41,53). The van der Waals surface area contributed by atoms with E-state index in [2.05, 4.69) is 5.32 Å². The largest absolute Gasteiger partial charge is 0.462 e. The molecule has 0 spiro atoms. The van der Waals surface area contributed by atoms with Crippen LogP contribution in [-0.2, 0) is 53.8 Å². The Hall–Kier alpha value is -2.35. The number of amides is 1. The molecule has 0 aliphatic carbocycles. The van der Waals surface area contributed by atoms with Crippen molar-refractivity contribution in [3.63, 3.8) is 0 Å². The summed E-state index contributed by atoms with van der Waals surface area (Å²) in [6.45, 7) is 0.714. The van der Waals surface area contributed by atoms with E-state index in [0.29, 0.717) is 6.42 Å². The lowest BCUT2D eigenvalue weighted by molar-refractivity contribution is -0.388. The molecule has 5 aliphatic rings. The predicted octanol–water partition coefficient (Wildman–Crippen LogP) is -6.96. The first-order valence-electron chi connectivity index (χ1n) is 20.6. The number of ether oxygens (including phenoxy) is 10. The van der Waals surface area contributed by atoms with E-state index < -0.39 is 161 Å². The van der Waals surface area contributed by atoms with Crippen LogP contribution < -0.4 is 15.8 Å². The average molecular weight is 911 g/mol. The van der Waals surface area contributed by atoms with Gasteiger partial charge in [0, 0.05) is 25.7 Å². The summed E-state index contributed by atoms with van der Waals surface area (Å²) >= 11 is 0. The maximum Gasteiger partial charge on any atom is 0.237 e. The molecule has 0 bridgehead atoms. The highest BCUT2D eigenvalue weighted by atomic mass is 16.8. The number of methoxy groups -OCH3 is 2. The van der Waals surface area contributed by atoms with Crippen molar-refractivity contribution < 1.29 is 108 Å². The van der Waals surface area contributed by atoms with Crippen molar-refractivity contribution in [1.82, 2.24) is 5.32 Å². The summed E-state index contributed by atoms with van der Waals surface area (Å²) in [5.41, 5.74) is 6.43. The van der Waals surface area contributed by atoms with Crippen LogP contribution in [0.25, 0.3) is 0 Å². The van der Waals surface area contributed by atoms with Gasteiger partial charge in [-0.05, 0) is 24.1 Å². The fourth-order valence-corrected chi connectivity index (χ4v) is 8.53. The maximum absolute atomic E-state index is 12.2. The van der Waals surface area contributed by atoms with E-state index in [4.69, 9.17) is 53.1 Å². The molecule has 0 radical (unpaired) electrons. The Morgan fingerprint density at radius 2 is 0.968 bits per heavy atom. The molecule has 0 aromatic heterocycles. The van der Waals surface area contributed by atoms with Crippen LogP contribution in [0.15, 0.2) is 24.3 Å². The van der Waals surface area contributed by atoms with Crippen molar-refractivity contribution >= 4 is 5.91 Å². The minimum absolute atomic E-state index is 0.210. The van der Waals surface area contributed by atoms with Crippen LogP contribution in [0.3, 0.4) is 0 Å². The lowest BCUT2D eigenvalue weighted by Gasteiger charge is -2.49. The second-order valence-electron chi connectivity index (χ2n) is 16.9. The summed E-state index contributed by atoms with van der Waals surface area (Å²) in [6, 6.07) is 5.86. The summed E-state index contributed by atoms with van der Waals surface area (Å²) in [7, 11) is 2.39. The Labute approximate surface area is 361 Å². The number of benzene rings is 1. The number of nitrogens with one attached hydrogen (secondary N) is 1. The Morgan fingerprint density at radius 1 is 0.571 bits per heavy atom. The fourth-order valence-electron chi connectivity index (χ4n) is 8.53. The van der Waals surface area contributed by atoms with Gasteiger partial charge >= 0.3 is 0 Å². The zero-order valence-electron chi connectivity index (χ0n) is 35.0. The Morgan fingerprint density at radius 3 is 1.41 bits per heavy atom. The number of hydrogen-bond donors (Lipinski definition) is 13. The molecule has 5 saturated heterocycles. The molecule has 24 heteroatoms. The third kappa shape index (κ3) is 10.2. The number of nitrogens with two attached hydrogens (primary N) is 1. The molecule has 63 heavy (non-hydrogen) atoms. The van der Waals surface area contributed by atoms with Crippen LogP contribution in [-0.4, -0.2) is 238 Å². The van der Waals surface area contributed by atoms with Gasteiger partial charge in [0.1, 0.15) is 103 Å². The molecule has 24 nitrogen and oxygen atoms in total. The molecule has 5 fully saturated rings. The SMILES string of the molecule is COC1C(CO)OC(OC2C(CO)OC(OC3C(CO)OC(OC4C(CO)OC(Oc5ccc(CC6NC(=O)C(N)C6(C)C)cc5)C(O)C4O)C(OC)C3O)C(O)C2O)C(O)C1O. The van der Waals surface area contributed by atoms with E-state index in [1.807, 2.05) is 13.8 Å². The van der Waals surface area contributed by atoms with Crippen LogP contribution in [0.5, 0.6) is 5.75 Å². The first kappa shape index (κ1) is 50.1. The summed E-state index contributed by atoms with van der Waals surface area (Å²) in [4.78, 5) is 12.2. The molecule has 22 atom stereocenters. The fraction of sp³-hybridized carbons (Fsp3) is 0.821. The van der Waals surface area contributed by atoms with Gasteiger partial charge < -0.3 is 115 Å². The van der Waals surface area contributed by atoms with E-state index in [-0.39, 0.29) is 17.7 Å². The lowest BCUT2D eigenvalue weighted by atomic mass is 9.79. The highest BCUT2D eigenvalue weighted by molar-refractivity contribution is 5.85. The number of carbonyl (C=O) groups excluding carboxylic acids is 1. The van der Waals surface area contributed by atoms with Gasteiger partial charge in [0.05, 0.1) is 32.5 Å². The van der Waals surface area contributed by atoms with Gasteiger partial charge in [-0.25, -0.2) is 0 Å². The van der Waals surface area contributed by atoms with Crippen molar-refractivity contribution in [2.75, 3.05) is 40.6 Å². The second kappa shape index (κ2) is 21.1. The zero-order valence-corrected chi connectivity index (χ0v) is 35.0. The highest BCUT2D eigenvalue weighted by Gasteiger charge is 2.56. The van der Waals surface area contributed by atoms with Gasteiger partial charge in [0.25, 0.3) is 0 Å². The molecule has 14 N–H and O–H groups in total. The van der Waals surface area contributed by atoms with Gasteiger partial charge in [0.15, 0.2) is 18.9 Å². The minimum atomic E-state index is -1.98. The number of carbonyl (C=O) groups is 1. The number of hydrogen-bond acceptors (Lipinski definition) is 23. The first-order valence-corrected chi connectivity index (χ1v) is 20.6. The number of aliphatic hydroxyl groups excluding tert-OH is 11. The van der Waals surface area contributed by atoms with Crippen molar-refractivity contribution in [1.29, 1.82) is 0 Å². The Kier molecular flexibility index (Phi) is 16.8. The third-order valence-electron chi connectivity index (χ3n) is 12.6. The van der Waals surface area contributed by atoms with E-state index in [9.17, 15) is 61.0 Å². The molecule has 22 unspecified atom stereocenters. The molecule has 0 saturated carbocycles. The van der Waals surface area contributed by atoms with Crippen molar-refractivity contribution in [3.8, 4) is 5.75 Å². The monoisotopic (exact) mass is 910 g/mol. The second-order valence-corrected chi connectivity index (χ2v) is 16.9. The first-order chi connectivity index (χ1) is 29.9. The van der Waals surface area contributed by atoms with Gasteiger partial charge in [0.2, 0.25) is 12.2 Å². The van der Waals surface area contributed by atoms with Gasteiger partial charge in [-0.3, -0.25) is 4.79 Å². The summed E-state index contributed by atoms with van der Waals surface area (Å²) < 4.78 is 56.8. The molecule has 1 aromatic rings. The van der Waals surface area contributed by atoms with Crippen LogP contribution >= 0.6 is 0 Å². The number of rotatable bonds is 16. The summed E-state index contributed by atoms with van der Waals surface area (Å²) in [5, 5.41) is 121. The predicted molar refractivity (Wildman–Crippen MR) is 206 cm³/mol. The topological polar surface area (TPSA) is 370 Å². The quantitative estimate of drug-likeness (QED) is 0.0733. The molecule has 1 aromatic carbocycles. The lowest BCUT2D eigenvalue weighted by Crippen LogP contribution is -2.68. The normalized spacial score (nSPS) is 45.5. The third-order valence-corrected chi connectivity index (χ3v) is 12.6. The van der Waals surface area contributed by atoms with E-state index in [1.54, 1.807) is 24.3 Å². The van der Waals surface area contributed by atoms with Gasteiger partial charge in [-0.15, -0.1) is 0 Å². The van der Waals surface area contributed by atoms with Crippen molar-refractivity contribution in [2.24, 2.45) is 11.1 Å². The molecule has 5 heterocycles. The van der Waals surface area contributed by atoms with Gasteiger partial charge in [-0.1, -0.05) is 26.0 Å². The molecular formula is C39H62N2O22. The van der Waals surface area contributed by atoms with Crippen LogP contribution in [0, 0.1) is 5.41 Å². The van der Waals surface area contributed by atoms with E-state index >= 15 is 0 Å². The molecule has 5 aliphatic heterocycles. The molecule has 1 amide bonds. The van der Waals surface area contributed by atoms with Crippen LogP contribution in [0.2, 0.25) is 0 Å². The molecule has 360 valence electrons. The molecule has 6 rings (SSSR count). The minimum Gasteiger partial charge on any atom is -0.462 e. The highest BCUT2D eigenvalue weighted by Crippen LogP contribution is 2.36. The van der Waals surface area contributed by atoms with Gasteiger partial charge in [-0.2, -0.15) is 0 Å². The summed E-state index contributed by atoms with van der Waals surface area (Å²) in [5.74, 6) is 0.0165. The van der Waals surface area contributed by atoms with E-state index in [1.165, 1.54) is 14.2 Å². The Bertz CT molecular complexity index is 1610. The van der Waals surface area contributed by atoms with Crippen LogP contribution in [0.4, 0.5) is 0 Å². The average Bonchev–Trinajstić information content (AvgIpc) is 3.46. The zero-order chi connectivity index (χ0) is 46.1. The van der Waals surface area contributed by atoms with E-state index in [0.717, 1.165) is 5.56 Å². The smallest absolute Gasteiger partial charge is 0.237 e. The van der Waals surface area contributed by atoms with Crippen LogP contribution in [0.1, 0.15) is 19.4 Å². The van der Waals surface area contributed by atoms with Crippen molar-refractivity contribution in [2.45, 2.75) is 155 Å². The maximum atomic E-state index is 12.2. The number of aliphatic hydroxyl groups is 11.